The van der Waals surface area contributed by atoms with Crippen molar-refractivity contribution in [2.75, 3.05) is 40.8 Å². The Balaban J connectivity index is 2.32. The molecule has 1 N–H and O–H groups in total. The standard InChI is InChI=1S/C15H29N3O/c1-5-8-16-12-14-7-11-19-15(14)13-18(4)10-6-9-17(2)3/h7,11,16H,5-6,8-10,12-13H2,1-4H3. The van der Waals surface area contributed by atoms with Gasteiger partial charge in [0.05, 0.1) is 12.8 Å². The van der Waals surface area contributed by atoms with Gasteiger partial charge < -0.3 is 14.6 Å². The highest BCUT2D eigenvalue weighted by molar-refractivity contribution is 5.16. The van der Waals surface area contributed by atoms with Gasteiger partial charge in [0, 0.05) is 12.1 Å². The van der Waals surface area contributed by atoms with E-state index in [2.05, 4.69) is 49.2 Å². The Morgan fingerprint density at radius 2 is 2.00 bits per heavy atom. The zero-order valence-corrected chi connectivity index (χ0v) is 12.9. The molecule has 0 aliphatic heterocycles. The SMILES string of the molecule is CCCNCc1ccoc1CN(C)CCCN(C)C. The molecular formula is C15H29N3O. The van der Waals surface area contributed by atoms with Crippen LogP contribution in [-0.2, 0) is 13.1 Å². The minimum atomic E-state index is 0.892. The highest BCUT2D eigenvalue weighted by Gasteiger charge is 2.09. The molecule has 0 bridgehead atoms. The van der Waals surface area contributed by atoms with Crippen molar-refractivity contribution in [3.05, 3.63) is 23.7 Å². The number of nitrogens with one attached hydrogen (secondary N) is 1. The lowest BCUT2D eigenvalue weighted by Gasteiger charge is -2.17. The Kier molecular flexibility index (Phi) is 7.79. The van der Waals surface area contributed by atoms with Crippen molar-refractivity contribution in [2.45, 2.75) is 32.9 Å². The normalized spacial score (nSPS) is 11.7. The zero-order chi connectivity index (χ0) is 14.1. The monoisotopic (exact) mass is 267 g/mol. The second kappa shape index (κ2) is 9.13. The highest BCUT2D eigenvalue weighted by Crippen LogP contribution is 2.12. The van der Waals surface area contributed by atoms with Crippen LogP contribution in [0.3, 0.4) is 0 Å². The first-order valence-electron chi connectivity index (χ1n) is 7.22. The van der Waals surface area contributed by atoms with Crippen LogP contribution < -0.4 is 5.32 Å². The quantitative estimate of drug-likeness (QED) is 0.658. The number of hydrogen-bond donors (Lipinski definition) is 1. The average molecular weight is 267 g/mol. The summed E-state index contributed by atoms with van der Waals surface area (Å²) in [6.07, 6.45) is 4.15. The lowest BCUT2D eigenvalue weighted by molar-refractivity contribution is 0.272. The molecule has 0 aliphatic rings. The van der Waals surface area contributed by atoms with Gasteiger partial charge >= 0.3 is 0 Å². The maximum absolute atomic E-state index is 5.60. The van der Waals surface area contributed by atoms with E-state index in [9.17, 15) is 0 Å². The first-order chi connectivity index (χ1) is 9.13. The van der Waals surface area contributed by atoms with E-state index >= 15 is 0 Å². The molecule has 4 nitrogen and oxygen atoms in total. The van der Waals surface area contributed by atoms with E-state index in [1.165, 1.54) is 12.0 Å². The molecule has 1 aromatic heterocycles. The van der Waals surface area contributed by atoms with Crippen LogP contribution in [-0.4, -0.2) is 50.6 Å². The van der Waals surface area contributed by atoms with Crippen molar-refractivity contribution in [1.29, 1.82) is 0 Å². The smallest absolute Gasteiger partial charge is 0.122 e. The Labute approximate surface area is 117 Å². The van der Waals surface area contributed by atoms with Crippen molar-refractivity contribution >= 4 is 0 Å². The zero-order valence-electron chi connectivity index (χ0n) is 12.9. The third-order valence-corrected chi connectivity index (χ3v) is 3.14. The summed E-state index contributed by atoms with van der Waals surface area (Å²) in [5.74, 6) is 1.09. The van der Waals surface area contributed by atoms with Crippen LogP contribution in [0.15, 0.2) is 16.7 Å². The third-order valence-electron chi connectivity index (χ3n) is 3.14. The lowest BCUT2D eigenvalue weighted by atomic mass is 10.2. The topological polar surface area (TPSA) is 31.7 Å². The largest absolute Gasteiger partial charge is 0.468 e. The van der Waals surface area contributed by atoms with Gasteiger partial charge in [-0.3, -0.25) is 4.90 Å². The van der Waals surface area contributed by atoms with Crippen LogP contribution in [0.4, 0.5) is 0 Å². The third kappa shape index (κ3) is 6.76. The molecule has 19 heavy (non-hydrogen) atoms. The molecule has 110 valence electrons. The number of furan rings is 1. The van der Waals surface area contributed by atoms with Crippen LogP contribution >= 0.6 is 0 Å². The van der Waals surface area contributed by atoms with Crippen molar-refractivity contribution in [1.82, 2.24) is 15.1 Å². The number of hydrogen-bond acceptors (Lipinski definition) is 4. The second-order valence-electron chi connectivity index (χ2n) is 5.44. The molecule has 0 saturated carbocycles. The summed E-state index contributed by atoms with van der Waals surface area (Å²) < 4.78 is 5.60. The molecule has 1 aromatic rings. The molecule has 4 heteroatoms. The van der Waals surface area contributed by atoms with Crippen LogP contribution in [0.2, 0.25) is 0 Å². The average Bonchev–Trinajstić information content (AvgIpc) is 2.76. The minimum Gasteiger partial charge on any atom is -0.468 e. The van der Waals surface area contributed by atoms with E-state index in [1.54, 1.807) is 6.26 Å². The van der Waals surface area contributed by atoms with Crippen LogP contribution in [0.25, 0.3) is 0 Å². The molecule has 1 heterocycles. The predicted molar refractivity (Wildman–Crippen MR) is 80.2 cm³/mol. The van der Waals surface area contributed by atoms with Gasteiger partial charge in [0.1, 0.15) is 5.76 Å². The summed E-state index contributed by atoms with van der Waals surface area (Å²) in [6.45, 7) is 7.27. The summed E-state index contributed by atoms with van der Waals surface area (Å²) in [5.41, 5.74) is 1.29. The summed E-state index contributed by atoms with van der Waals surface area (Å²) >= 11 is 0. The first-order valence-corrected chi connectivity index (χ1v) is 7.22. The molecule has 0 aliphatic carbocycles. The Bertz CT molecular complexity index is 336. The molecule has 0 spiro atoms. The maximum Gasteiger partial charge on any atom is 0.122 e. The molecule has 0 fully saturated rings. The fourth-order valence-electron chi connectivity index (χ4n) is 2.04. The van der Waals surface area contributed by atoms with Crippen molar-refractivity contribution in [3.8, 4) is 0 Å². The Morgan fingerprint density at radius 3 is 2.68 bits per heavy atom. The summed E-state index contributed by atoms with van der Waals surface area (Å²) in [4.78, 5) is 4.55. The van der Waals surface area contributed by atoms with Gasteiger partial charge in [-0.25, -0.2) is 0 Å². The van der Waals surface area contributed by atoms with Crippen LogP contribution in [0.5, 0.6) is 0 Å². The molecule has 0 saturated heterocycles. The fraction of sp³-hybridized carbons (Fsp3) is 0.733. The molecule has 1 rings (SSSR count). The summed E-state index contributed by atoms with van der Waals surface area (Å²) in [5, 5.41) is 3.42. The van der Waals surface area contributed by atoms with E-state index in [0.717, 1.165) is 44.9 Å². The maximum atomic E-state index is 5.60. The van der Waals surface area contributed by atoms with Gasteiger partial charge in [-0.15, -0.1) is 0 Å². The van der Waals surface area contributed by atoms with Gasteiger partial charge in [-0.1, -0.05) is 6.92 Å². The minimum absolute atomic E-state index is 0.892. The van der Waals surface area contributed by atoms with Gasteiger partial charge in [0.25, 0.3) is 0 Å². The van der Waals surface area contributed by atoms with Gasteiger partial charge in [-0.05, 0) is 59.7 Å². The number of nitrogens with zero attached hydrogens (tertiary/aromatic N) is 2. The van der Waals surface area contributed by atoms with Crippen LogP contribution in [0.1, 0.15) is 31.1 Å². The van der Waals surface area contributed by atoms with Crippen LogP contribution in [0, 0.1) is 0 Å². The molecular weight excluding hydrogens is 238 g/mol. The molecule has 0 radical (unpaired) electrons. The lowest BCUT2D eigenvalue weighted by Crippen LogP contribution is -2.24. The van der Waals surface area contributed by atoms with E-state index in [1.807, 2.05) is 0 Å². The molecule has 0 atom stereocenters. The van der Waals surface area contributed by atoms with Crippen molar-refractivity contribution < 1.29 is 4.42 Å². The first kappa shape index (κ1) is 16.2. The van der Waals surface area contributed by atoms with E-state index in [0.29, 0.717) is 0 Å². The van der Waals surface area contributed by atoms with Gasteiger partial charge in [-0.2, -0.15) is 0 Å². The van der Waals surface area contributed by atoms with Gasteiger partial charge in [0.15, 0.2) is 0 Å². The highest BCUT2D eigenvalue weighted by atomic mass is 16.3. The van der Waals surface area contributed by atoms with E-state index in [4.69, 9.17) is 4.42 Å². The molecule has 0 aromatic carbocycles. The second-order valence-corrected chi connectivity index (χ2v) is 5.44. The summed E-state index contributed by atoms with van der Waals surface area (Å²) in [6, 6.07) is 2.08. The van der Waals surface area contributed by atoms with E-state index < -0.39 is 0 Å². The van der Waals surface area contributed by atoms with Crippen molar-refractivity contribution in [3.63, 3.8) is 0 Å². The van der Waals surface area contributed by atoms with Gasteiger partial charge in [0.2, 0.25) is 0 Å². The van der Waals surface area contributed by atoms with E-state index in [-0.39, 0.29) is 0 Å². The van der Waals surface area contributed by atoms with Crippen molar-refractivity contribution in [2.24, 2.45) is 0 Å². The molecule has 0 amide bonds. The predicted octanol–water partition coefficient (Wildman–Crippen LogP) is 2.16. The fourth-order valence-corrected chi connectivity index (χ4v) is 2.04. The number of rotatable bonds is 10. The molecule has 0 unspecified atom stereocenters. The Hall–Kier alpha value is -0.840. The Morgan fingerprint density at radius 1 is 1.21 bits per heavy atom. The summed E-state index contributed by atoms with van der Waals surface area (Å²) in [7, 11) is 6.38.